The van der Waals surface area contributed by atoms with Crippen LogP contribution in [0, 0.1) is 12.7 Å². The summed E-state index contributed by atoms with van der Waals surface area (Å²) in [5.74, 6) is -1.37. The van der Waals surface area contributed by atoms with E-state index < -0.39 is 34.3 Å². The lowest BCUT2D eigenvalue weighted by molar-refractivity contribution is -0.140. The molecule has 196 valence electrons. The summed E-state index contributed by atoms with van der Waals surface area (Å²) in [5.41, 5.74) is 1.95. The van der Waals surface area contributed by atoms with Gasteiger partial charge in [-0.15, -0.1) is 0 Å². The van der Waals surface area contributed by atoms with Crippen molar-refractivity contribution in [2.75, 3.05) is 17.1 Å². The van der Waals surface area contributed by atoms with Crippen LogP contribution in [0.15, 0.2) is 48.5 Å². The van der Waals surface area contributed by atoms with Gasteiger partial charge in [-0.05, 0) is 49.9 Å². The predicted molar refractivity (Wildman–Crippen MR) is 139 cm³/mol. The summed E-state index contributed by atoms with van der Waals surface area (Å²) < 4.78 is 39.9. The summed E-state index contributed by atoms with van der Waals surface area (Å²) in [6.07, 6.45) is 6.45. The third kappa shape index (κ3) is 7.53. The van der Waals surface area contributed by atoms with Gasteiger partial charge in [0.05, 0.1) is 11.9 Å². The van der Waals surface area contributed by atoms with E-state index in [0.717, 1.165) is 59.9 Å². The van der Waals surface area contributed by atoms with Crippen LogP contribution in [0.4, 0.5) is 10.1 Å². The lowest BCUT2D eigenvalue weighted by atomic mass is 9.95. The Morgan fingerprint density at radius 2 is 1.75 bits per heavy atom. The van der Waals surface area contributed by atoms with Crippen molar-refractivity contribution >= 4 is 27.5 Å². The Morgan fingerprint density at radius 3 is 2.33 bits per heavy atom. The summed E-state index contributed by atoms with van der Waals surface area (Å²) in [7, 11) is -3.90. The second-order valence-corrected chi connectivity index (χ2v) is 11.4. The van der Waals surface area contributed by atoms with Gasteiger partial charge in [0, 0.05) is 12.6 Å². The number of nitrogens with one attached hydrogen (secondary N) is 1. The minimum atomic E-state index is -3.90. The van der Waals surface area contributed by atoms with Crippen molar-refractivity contribution in [2.45, 2.75) is 71.0 Å². The number of benzene rings is 2. The van der Waals surface area contributed by atoms with Gasteiger partial charge in [-0.25, -0.2) is 12.8 Å². The molecule has 0 aromatic heterocycles. The first-order valence-electron chi connectivity index (χ1n) is 12.5. The third-order valence-corrected chi connectivity index (χ3v) is 7.73. The molecule has 0 spiro atoms. The van der Waals surface area contributed by atoms with Crippen LogP contribution >= 0.6 is 0 Å². The highest BCUT2D eigenvalue weighted by atomic mass is 32.2. The molecule has 0 radical (unpaired) electrons. The highest BCUT2D eigenvalue weighted by Gasteiger charge is 2.32. The number of rotatable bonds is 10. The van der Waals surface area contributed by atoms with Gasteiger partial charge in [-0.1, -0.05) is 62.1 Å². The second kappa shape index (κ2) is 12.3. The molecule has 0 aliphatic heterocycles. The van der Waals surface area contributed by atoms with Gasteiger partial charge >= 0.3 is 0 Å². The molecule has 1 N–H and O–H groups in total. The number of hydrogen-bond donors (Lipinski definition) is 1. The molecule has 2 aromatic rings. The number of halogens is 1. The van der Waals surface area contributed by atoms with E-state index in [1.165, 1.54) is 23.1 Å². The van der Waals surface area contributed by atoms with Crippen molar-refractivity contribution in [3.63, 3.8) is 0 Å². The molecule has 1 aliphatic rings. The Bertz CT molecular complexity index is 1150. The Balaban J connectivity index is 1.90. The number of carbonyl (C=O) groups is 2. The molecule has 1 fully saturated rings. The Kier molecular flexibility index (Phi) is 9.48. The molecule has 0 unspecified atom stereocenters. The van der Waals surface area contributed by atoms with Crippen LogP contribution in [0.1, 0.15) is 56.6 Å². The van der Waals surface area contributed by atoms with E-state index in [1.54, 1.807) is 0 Å². The number of anilines is 1. The quantitative estimate of drug-likeness (QED) is 0.513. The first kappa shape index (κ1) is 27.6. The standard InChI is InChI=1S/C27H36FN3O4S/c1-4-25(27(33)29-23-10-6-5-7-11-23)30(18-21-15-13-20(2)14-16-21)26(32)19-31(36(3,34)35)24-12-8-9-22(28)17-24/h8-9,12-17,23,25H,4-7,10-11,18-19H2,1-3H3,(H,29,33)/t25-/m1/s1. The topological polar surface area (TPSA) is 86.8 Å². The maximum absolute atomic E-state index is 13.9. The predicted octanol–water partition coefficient (Wildman–Crippen LogP) is 4.16. The van der Waals surface area contributed by atoms with Crippen LogP contribution in [0.2, 0.25) is 0 Å². The molecule has 7 nitrogen and oxygen atoms in total. The minimum Gasteiger partial charge on any atom is -0.352 e. The fourth-order valence-electron chi connectivity index (χ4n) is 4.60. The lowest BCUT2D eigenvalue weighted by Gasteiger charge is -2.34. The average Bonchev–Trinajstić information content (AvgIpc) is 2.83. The van der Waals surface area contributed by atoms with Crippen molar-refractivity contribution in [1.82, 2.24) is 10.2 Å². The first-order valence-corrected chi connectivity index (χ1v) is 14.3. The molecular formula is C27H36FN3O4S. The van der Waals surface area contributed by atoms with E-state index in [9.17, 15) is 22.4 Å². The van der Waals surface area contributed by atoms with E-state index in [1.807, 2.05) is 38.1 Å². The normalized spacial score (nSPS) is 15.2. The molecule has 9 heteroatoms. The Morgan fingerprint density at radius 1 is 1.08 bits per heavy atom. The SMILES string of the molecule is CC[C@H](C(=O)NC1CCCCC1)N(Cc1ccc(C)cc1)C(=O)CN(c1cccc(F)c1)S(C)(=O)=O. The molecule has 0 saturated heterocycles. The molecule has 0 heterocycles. The molecule has 1 saturated carbocycles. The molecule has 1 aliphatic carbocycles. The number of aryl methyl sites for hydroxylation is 1. The van der Waals surface area contributed by atoms with Crippen LogP contribution < -0.4 is 9.62 Å². The first-order chi connectivity index (χ1) is 17.1. The fourth-order valence-corrected chi connectivity index (χ4v) is 5.44. The van der Waals surface area contributed by atoms with Gasteiger partial charge in [0.15, 0.2) is 0 Å². The molecule has 2 aromatic carbocycles. The molecule has 36 heavy (non-hydrogen) atoms. The summed E-state index contributed by atoms with van der Waals surface area (Å²) in [5, 5.41) is 3.11. The molecule has 0 bridgehead atoms. The molecule has 2 amide bonds. The lowest BCUT2D eigenvalue weighted by Crippen LogP contribution is -2.53. The monoisotopic (exact) mass is 517 g/mol. The van der Waals surface area contributed by atoms with Crippen molar-refractivity contribution in [3.05, 3.63) is 65.5 Å². The zero-order chi connectivity index (χ0) is 26.3. The number of hydrogen-bond acceptors (Lipinski definition) is 4. The number of sulfonamides is 1. The maximum Gasteiger partial charge on any atom is 0.244 e. The smallest absolute Gasteiger partial charge is 0.244 e. The van der Waals surface area contributed by atoms with E-state index in [4.69, 9.17) is 0 Å². The second-order valence-electron chi connectivity index (χ2n) is 9.52. The highest BCUT2D eigenvalue weighted by Crippen LogP contribution is 2.22. The van der Waals surface area contributed by atoms with Crippen LogP contribution in [-0.4, -0.2) is 50.0 Å². The zero-order valence-corrected chi connectivity index (χ0v) is 22.1. The van der Waals surface area contributed by atoms with E-state index in [2.05, 4.69) is 5.32 Å². The van der Waals surface area contributed by atoms with Crippen molar-refractivity contribution in [3.8, 4) is 0 Å². The summed E-state index contributed by atoms with van der Waals surface area (Å²) in [6, 6.07) is 12.1. The van der Waals surface area contributed by atoms with Gasteiger partial charge in [0.2, 0.25) is 21.8 Å². The zero-order valence-electron chi connectivity index (χ0n) is 21.2. The van der Waals surface area contributed by atoms with E-state index in [-0.39, 0.29) is 24.2 Å². The van der Waals surface area contributed by atoms with Crippen LogP contribution in [0.5, 0.6) is 0 Å². The average molecular weight is 518 g/mol. The van der Waals surface area contributed by atoms with Crippen molar-refractivity contribution in [1.29, 1.82) is 0 Å². The molecule has 1 atom stereocenters. The number of nitrogens with zero attached hydrogens (tertiary/aromatic N) is 2. The molecular weight excluding hydrogens is 481 g/mol. The Hall–Kier alpha value is -2.94. The van der Waals surface area contributed by atoms with Crippen molar-refractivity contribution in [2.24, 2.45) is 0 Å². The van der Waals surface area contributed by atoms with Crippen LogP contribution in [0.3, 0.4) is 0 Å². The van der Waals surface area contributed by atoms with Crippen LogP contribution in [-0.2, 0) is 26.2 Å². The van der Waals surface area contributed by atoms with Gasteiger partial charge < -0.3 is 10.2 Å². The van der Waals surface area contributed by atoms with E-state index in [0.29, 0.717) is 6.42 Å². The van der Waals surface area contributed by atoms with Crippen LogP contribution in [0.25, 0.3) is 0 Å². The van der Waals surface area contributed by atoms with Crippen molar-refractivity contribution < 1.29 is 22.4 Å². The van der Waals surface area contributed by atoms with Gasteiger partial charge in [0.25, 0.3) is 0 Å². The minimum absolute atomic E-state index is 0.0563. The fraction of sp³-hybridized carbons (Fsp3) is 0.481. The number of amides is 2. The largest absolute Gasteiger partial charge is 0.352 e. The maximum atomic E-state index is 13.9. The Labute approximate surface area is 213 Å². The van der Waals surface area contributed by atoms with Gasteiger partial charge in [-0.2, -0.15) is 0 Å². The summed E-state index contributed by atoms with van der Waals surface area (Å²) in [4.78, 5) is 28.5. The highest BCUT2D eigenvalue weighted by molar-refractivity contribution is 7.92. The van der Waals surface area contributed by atoms with Gasteiger partial charge in [-0.3, -0.25) is 13.9 Å². The van der Waals surface area contributed by atoms with Gasteiger partial charge in [0.1, 0.15) is 18.4 Å². The third-order valence-electron chi connectivity index (χ3n) is 6.59. The van der Waals surface area contributed by atoms with E-state index >= 15 is 0 Å². The summed E-state index contributed by atoms with van der Waals surface area (Å²) in [6.45, 7) is 3.40. The molecule has 3 rings (SSSR count). The summed E-state index contributed by atoms with van der Waals surface area (Å²) >= 11 is 0. The number of carbonyl (C=O) groups excluding carboxylic acids is 2.